The highest BCUT2D eigenvalue weighted by Gasteiger charge is 2.46. The topological polar surface area (TPSA) is 92.6 Å². The van der Waals surface area contributed by atoms with E-state index in [1.807, 2.05) is 31.2 Å². The standard InChI is InChI=1S/C20H26N6O3/c1-14(7-8-24-13-21-12-22-24)23-19(27)20(28)26-11-16-9-17(26)10-25(16)15-3-5-18(29-2)6-4-15/h3-6,12-14,16-17H,7-11H2,1-2H3,(H,23,27)/t14?,16-,17-/m0/s1. The van der Waals surface area contributed by atoms with Crippen molar-refractivity contribution in [2.24, 2.45) is 0 Å². The van der Waals surface area contributed by atoms with Gasteiger partial charge in [-0.3, -0.25) is 14.3 Å². The molecule has 2 bridgehead atoms. The van der Waals surface area contributed by atoms with Crippen LogP contribution in [-0.2, 0) is 16.1 Å². The fourth-order valence-electron chi connectivity index (χ4n) is 4.17. The molecule has 4 rings (SSSR count). The number of aryl methyl sites for hydroxylation is 1. The lowest BCUT2D eigenvalue weighted by Gasteiger charge is -2.35. The molecule has 3 atom stereocenters. The van der Waals surface area contributed by atoms with Gasteiger partial charge in [-0.1, -0.05) is 0 Å². The van der Waals surface area contributed by atoms with E-state index < -0.39 is 11.8 Å². The van der Waals surface area contributed by atoms with Gasteiger partial charge in [0.25, 0.3) is 0 Å². The van der Waals surface area contributed by atoms with Gasteiger partial charge in [0, 0.05) is 37.4 Å². The van der Waals surface area contributed by atoms with Gasteiger partial charge < -0.3 is 19.9 Å². The molecule has 0 spiro atoms. The number of amides is 2. The molecule has 1 unspecified atom stereocenters. The minimum absolute atomic E-state index is 0.0748. The molecule has 1 aromatic heterocycles. The molecule has 9 nitrogen and oxygen atoms in total. The summed E-state index contributed by atoms with van der Waals surface area (Å²) in [5.74, 6) is -0.136. The van der Waals surface area contributed by atoms with Gasteiger partial charge in [0.15, 0.2) is 0 Å². The third-order valence-electron chi connectivity index (χ3n) is 5.74. The van der Waals surface area contributed by atoms with Crippen molar-refractivity contribution in [1.82, 2.24) is 25.0 Å². The number of fused-ring (bicyclic) bond motifs is 2. The van der Waals surface area contributed by atoms with Gasteiger partial charge in [0.1, 0.15) is 18.4 Å². The zero-order chi connectivity index (χ0) is 20.4. The fraction of sp³-hybridized carbons (Fsp3) is 0.500. The van der Waals surface area contributed by atoms with E-state index in [1.165, 1.54) is 6.33 Å². The minimum atomic E-state index is -0.528. The quantitative estimate of drug-likeness (QED) is 0.719. The Morgan fingerprint density at radius 3 is 2.66 bits per heavy atom. The Morgan fingerprint density at radius 2 is 2.03 bits per heavy atom. The lowest BCUT2D eigenvalue weighted by atomic mass is 10.2. The number of methoxy groups -OCH3 is 1. The molecule has 0 saturated carbocycles. The van der Waals surface area contributed by atoms with E-state index in [4.69, 9.17) is 4.74 Å². The molecule has 2 amide bonds. The van der Waals surface area contributed by atoms with E-state index in [2.05, 4.69) is 20.3 Å². The molecule has 3 heterocycles. The first-order valence-corrected chi connectivity index (χ1v) is 9.89. The number of anilines is 1. The molecule has 2 saturated heterocycles. The Hall–Kier alpha value is -3.10. The molecule has 154 valence electrons. The Bertz CT molecular complexity index is 854. The molecule has 1 N–H and O–H groups in total. The number of ether oxygens (including phenoxy) is 1. The van der Waals surface area contributed by atoms with Gasteiger partial charge in [-0.25, -0.2) is 4.98 Å². The van der Waals surface area contributed by atoms with E-state index in [0.717, 1.165) is 24.4 Å². The Labute approximate surface area is 169 Å². The molecule has 1 aromatic carbocycles. The van der Waals surface area contributed by atoms with Gasteiger partial charge in [-0.05, 0) is 44.0 Å². The van der Waals surface area contributed by atoms with Gasteiger partial charge in [-0.2, -0.15) is 5.10 Å². The second kappa shape index (κ2) is 8.10. The number of aromatic nitrogens is 3. The van der Waals surface area contributed by atoms with Crippen molar-refractivity contribution in [3.63, 3.8) is 0 Å². The molecule has 29 heavy (non-hydrogen) atoms. The summed E-state index contributed by atoms with van der Waals surface area (Å²) in [4.78, 5) is 33.0. The zero-order valence-electron chi connectivity index (χ0n) is 16.7. The van der Waals surface area contributed by atoms with Crippen LogP contribution in [0.15, 0.2) is 36.9 Å². The number of rotatable bonds is 6. The first kappa shape index (κ1) is 19.2. The number of carbonyl (C=O) groups excluding carboxylic acids is 2. The molecule has 9 heteroatoms. The summed E-state index contributed by atoms with van der Waals surface area (Å²) in [6.45, 7) is 3.86. The van der Waals surface area contributed by atoms with Crippen LogP contribution < -0.4 is 15.0 Å². The van der Waals surface area contributed by atoms with Crippen LogP contribution in [0.25, 0.3) is 0 Å². The third kappa shape index (κ3) is 4.03. The van der Waals surface area contributed by atoms with Crippen LogP contribution in [-0.4, -0.2) is 69.8 Å². The molecule has 2 aliphatic heterocycles. The Balaban J connectivity index is 1.28. The number of carbonyl (C=O) groups is 2. The summed E-state index contributed by atoms with van der Waals surface area (Å²) in [5, 5.41) is 6.85. The maximum atomic E-state index is 12.7. The summed E-state index contributed by atoms with van der Waals surface area (Å²) in [7, 11) is 1.65. The lowest BCUT2D eigenvalue weighted by Crippen LogP contribution is -2.53. The summed E-state index contributed by atoms with van der Waals surface area (Å²) in [6.07, 6.45) is 4.69. The molecular weight excluding hydrogens is 372 g/mol. The molecule has 2 fully saturated rings. The van der Waals surface area contributed by atoms with Gasteiger partial charge in [0.2, 0.25) is 0 Å². The number of hydrogen-bond acceptors (Lipinski definition) is 6. The largest absolute Gasteiger partial charge is 0.497 e. The highest BCUT2D eigenvalue weighted by atomic mass is 16.5. The second-order valence-corrected chi connectivity index (χ2v) is 7.67. The molecular formula is C20H26N6O3. The van der Waals surface area contributed by atoms with Crippen molar-refractivity contribution in [2.75, 3.05) is 25.1 Å². The van der Waals surface area contributed by atoms with Gasteiger partial charge >= 0.3 is 11.8 Å². The van der Waals surface area contributed by atoms with E-state index in [9.17, 15) is 9.59 Å². The number of nitrogens with one attached hydrogen (secondary N) is 1. The Morgan fingerprint density at radius 1 is 1.24 bits per heavy atom. The van der Waals surface area contributed by atoms with E-state index >= 15 is 0 Å². The summed E-state index contributed by atoms with van der Waals surface area (Å²) >= 11 is 0. The van der Waals surface area contributed by atoms with Crippen LogP contribution in [0.3, 0.4) is 0 Å². The van der Waals surface area contributed by atoms with Crippen molar-refractivity contribution < 1.29 is 14.3 Å². The number of nitrogens with zero attached hydrogens (tertiary/aromatic N) is 5. The van der Waals surface area contributed by atoms with Crippen LogP contribution >= 0.6 is 0 Å². The van der Waals surface area contributed by atoms with E-state index in [1.54, 1.807) is 23.0 Å². The molecule has 0 radical (unpaired) electrons. The second-order valence-electron chi connectivity index (χ2n) is 7.67. The van der Waals surface area contributed by atoms with Gasteiger partial charge in [0.05, 0.1) is 13.2 Å². The third-order valence-corrected chi connectivity index (χ3v) is 5.74. The zero-order valence-corrected chi connectivity index (χ0v) is 16.7. The minimum Gasteiger partial charge on any atom is -0.497 e. The molecule has 2 aromatic rings. The maximum Gasteiger partial charge on any atom is 0.312 e. The Kier molecular flexibility index (Phi) is 5.37. The summed E-state index contributed by atoms with van der Waals surface area (Å²) in [5.41, 5.74) is 1.12. The average molecular weight is 398 g/mol. The van der Waals surface area contributed by atoms with Crippen LogP contribution in [0.5, 0.6) is 5.75 Å². The predicted octanol–water partition coefficient (Wildman–Crippen LogP) is 0.671. The van der Waals surface area contributed by atoms with E-state index in [-0.39, 0.29) is 18.1 Å². The maximum absolute atomic E-state index is 12.7. The fourth-order valence-corrected chi connectivity index (χ4v) is 4.17. The number of piperazine rings is 1. The lowest BCUT2D eigenvalue weighted by molar-refractivity contribution is -0.146. The van der Waals surface area contributed by atoms with Crippen LogP contribution in [0, 0.1) is 0 Å². The van der Waals surface area contributed by atoms with E-state index in [0.29, 0.717) is 19.5 Å². The van der Waals surface area contributed by atoms with Gasteiger partial charge in [-0.15, -0.1) is 0 Å². The van der Waals surface area contributed by atoms with Crippen molar-refractivity contribution in [3.05, 3.63) is 36.9 Å². The number of benzene rings is 1. The highest BCUT2D eigenvalue weighted by molar-refractivity contribution is 6.35. The van der Waals surface area contributed by atoms with Crippen molar-refractivity contribution in [3.8, 4) is 5.75 Å². The molecule has 0 aliphatic carbocycles. The first-order chi connectivity index (χ1) is 14.0. The van der Waals surface area contributed by atoms with Crippen LogP contribution in [0.1, 0.15) is 19.8 Å². The smallest absolute Gasteiger partial charge is 0.312 e. The van der Waals surface area contributed by atoms with Crippen molar-refractivity contribution in [2.45, 2.75) is 44.4 Å². The van der Waals surface area contributed by atoms with Crippen LogP contribution in [0.4, 0.5) is 5.69 Å². The number of likely N-dealkylation sites (tertiary alicyclic amines) is 1. The monoisotopic (exact) mass is 398 g/mol. The van der Waals surface area contributed by atoms with Crippen molar-refractivity contribution in [1.29, 1.82) is 0 Å². The SMILES string of the molecule is COc1ccc(N2C[C@@H]3C[C@H]2CN3C(=O)C(=O)NC(C)CCn2cncn2)cc1. The predicted molar refractivity (Wildman–Crippen MR) is 106 cm³/mol. The highest BCUT2D eigenvalue weighted by Crippen LogP contribution is 2.35. The van der Waals surface area contributed by atoms with Crippen molar-refractivity contribution >= 4 is 17.5 Å². The normalized spacial score (nSPS) is 21.3. The summed E-state index contributed by atoms with van der Waals surface area (Å²) in [6, 6.07) is 8.16. The van der Waals surface area contributed by atoms with Crippen LogP contribution in [0.2, 0.25) is 0 Å². The summed E-state index contributed by atoms with van der Waals surface area (Å²) < 4.78 is 6.92. The number of hydrogen-bond donors (Lipinski definition) is 1. The molecule has 2 aliphatic rings. The first-order valence-electron chi connectivity index (χ1n) is 9.89. The average Bonchev–Trinajstić information content (AvgIpc) is 3.48.